The van der Waals surface area contributed by atoms with Gasteiger partial charge in [-0.05, 0) is 103 Å². The van der Waals surface area contributed by atoms with Gasteiger partial charge in [-0.15, -0.1) is 0 Å². The van der Waals surface area contributed by atoms with Crippen LogP contribution in [0.1, 0.15) is 0 Å². The molecule has 0 bridgehead atoms. The molecule has 2 aromatic heterocycles. The highest BCUT2D eigenvalue weighted by atomic mass is 15.0. The van der Waals surface area contributed by atoms with Crippen molar-refractivity contribution in [2.45, 2.75) is 0 Å². The van der Waals surface area contributed by atoms with E-state index in [0.29, 0.717) is 0 Å². The third kappa shape index (κ3) is 4.17. The van der Waals surface area contributed by atoms with Crippen LogP contribution in [0.5, 0.6) is 0 Å². The van der Waals surface area contributed by atoms with Crippen molar-refractivity contribution in [2.75, 3.05) is 0 Å². The molecule has 0 spiro atoms. The molecule has 0 saturated carbocycles. The molecule has 10 aromatic carbocycles. The van der Waals surface area contributed by atoms with Crippen LogP contribution in [0.4, 0.5) is 0 Å². The molecule has 2 heteroatoms. The zero-order valence-corrected chi connectivity index (χ0v) is 29.4. The number of benzene rings is 10. The van der Waals surface area contributed by atoms with E-state index < -0.39 is 0 Å². The molecule has 2 nitrogen and oxygen atoms in total. The molecule has 0 aliphatic carbocycles. The number of fused-ring (bicyclic) bond motifs is 12. The standard InChI is InChI=1S/C52H32N2/c1-2-12-35-32-40(25-20-33(35)10-1)53-47-17-7-5-15-44(47)51-42-26-21-36(30-38(42)23-28-49(51)53)37-22-27-43-39(31-37)24-29-50-52(43)45-16-6-8-18-48(45)54(50)46-19-9-13-34-11-3-4-14-41(34)46/h1-32H. The normalized spacial score (nSPS) is 12.1. The lowest BCUT2D eigenvalue weighted by molar-refractivity contribution is 1.19. The van der Waals surface area contributed by atoms with Gasteiger partial charge < -0.3 is 9.13 Å². The predicted molar refractivity (Wildman–Crippen MR) is 231 cm³/mol. The van der Waals surface area contributed by atoms with Crippen LogP contribution in [0.15, 0.2) is 194 Å². The monoisotopic (exact) mass is 684 g/mol. The summed E-state index contributed by atoms with van der Waals surface area (Å²) >= 11 is 0. The lowest BCUT2D eigenvalue weighted by atomic mass is 9.95. The third-order valence-corrected chi connectivity index (χ3v) is 11.6. The van der Waals surface area contributed by atoms with Gasteiger partial charge in [-0.25, -0.2) is 0 Å². The van der Waals surface area contributed by atoms with E-state index in [-0.39, 0.29) is 0 Å². The van der Waals surface area contributed by atoms with Gasteiger partial charge in [0.15, 0.2) is 0 Å². The molecule has 0 atom stereocenters. The molecular formula is C52H32N2. The Hall–Kier alpha value is -7.16. The maximum Gasteiger partial charge on any atom is 0.0547 e. The molecule has 0 unspecified atom stereocenters. The van der Waals surface area contributed by atoms with Gasteiger partial charge in [-0.1, -0.05) is 140 Å². The Morgan fingerprint density at radius 1 is 0.259 bits per heavy atom. The highest BCUT2D eigenvalue weighted by Gasteiger charge is 2.18. The van der Waals surface area contributed by atoms with Gasteiger partial charge in [-0.2, -0.15) is 0 Å². The average molecular weight is 685 g/mol. The van der Waals surface area contributed by atoms with E-state index in [0.717, 1.165) is 0 Å². The molecule has 2 heterocycles. The average Bonchev–Trinajstić information content (AvgIpc) is 3.76. The van der Waals surface area contributed by atoms with Gasteiger partial charge in [0.25, 0.3) is 0 Å². The topological polar surface area (TPSA) is 9.86 Å². The van der Waals surface area contributed by atoms with Crippen molar-refractivity contribution in [1.29, 1.82) is 0 Å². The van der Waals surface area contributed by atoms with Crippen LogP contribution >= 0.6 is 0 Å². The Balaban J connectivity index is 1.02. The summed E-state index contributed by atoms with van der Waals surface area (Å²) in [7, 11) is 0. The first-order valence-corrected chi connectivity index (χ1v) is 18.7. The summed E-state index contributed by atoms with van der Waals surface area (Å²) in [5, 5.41) is 15.2. The summed E-state index contributed by atoms with van der Waals surface area (Å²) in [6.45, 7) is 0. The smallest absolute Gasteiger partial charge is 0.0547 e. The van der Waals surface area contributed by atoms with Crippen molar-refractivity contribution in [3.8, 4) is 22.5 Å². The fourth-order valence-corrected chi connectivity index (χ4v) is 9.21. The predicted octanol–water partition coefficient (Wildman–Crippen LogP) is 14.2. The number of aromatic nitrogens is 2. The first-order valence-electron chi connectivity index (χ1n) is 18.7. The molecule has 0 N–H and O–H groups in total. The van der Waals surface area contributed by atoms with E-state index in [1.54, 1.807) is 0 Å². The summed E-state index contributed by atoms with van der Waals surface area (Å²) in [6.07, 6.45) is 0. The van der Waals surface area contributed by atoms with Gasteiger partial charge in [0.1, 0.15) is 0 Å². The van der Waals surface area contributed by atoms with Gasteiger partial charge in [-0.3, -0.25) is 0 Å². The minimum atomic E-state index is 1.18. The molecule has 0 saturated heterocycles. The fourth-order valence-electron chi connectivity index (χ4n) is 9.21. The first-order chi connectivity index (χ1) is 26.8. The molecule has 0 radical (unpaired) electrons. The fraction of sp³-hybridized carbons (Fsp3) is 0. The number of hydrogen-bond acceptors (Lipinski definition) is 0. The summed E-state index contributed by atoms with van der Waals surface area (Å²) in [5.74, 6) is 0. The highest BCUT2D eigenvalue weighted by Crippen LogP contribution is 2.41. The van der Waals surface area contributed by atoms with Crippen LogP contribution < -0.4 is 0 Å². The number of para-hydroxylation sites is 2. The molecule has 12 aromatic rings. The Kier molecular flexibility index (Phi) is 6.09. The van der Waals surface area contributed by atoms with Crippen LogP contribution in [-0.4, -0.2) is 9.13 Å². The maximum atomic E-state index is 2.45. The van der Waals surface area contributed by atoms with Crippen LogP contribution in [0.2, 0.25) is 0 Å². The van der Waals surface area contributed by atoms with E-state index in [4.69, 9.17) is 0 Å². The summed E-state index contributed by atoms with van der Waals surface area (Å²) in [5.41, 5.74) is 9.74. The summed E-state index contributed by atoms with van der Waals surface area (Å²) in [6, 6.07) is 71.5. The Morgan fingerprint density at radius 2 is 0.778 bits per heavy atom. The third-order valence-electron chi connectivity index (χ3n) is 11.6. The van der Waals surface area contributed by atoms with Crippen molar-refractivity contribution in [2.24, 2.45) is 0 Å². The SMILES string of the molecule is c1ccc2cc(-n3c4ccccc4c4c5ccc(-c6ccc7c(ccc8c7c7ccccc7n8-c7cccc8ccccc78)c6)cc5ccc43)ccc2c1. The Labute approximate surface area is 311 Å². The Bertz CT molecular complexity index is 3500. The number of nitrogens with zero attached hydrogens (tertiary/aromatic N) is 2. The number of rotatable bonds is 3. The summed E-state index contributed by atoms with van der Waals surface area (Å²) < 4.78 is 4.87. The van der Waals surface area contributed by atoms with Crippen LogP contribution in [0.3, 0.4) is 0 Å². The van der Waals surface area contributed by atoms with Crippen LogP contribution in [-0.2, 0) is 0 Å². The molecular weight excluding hydrogens is 653 g/mol. The minimum absolute atomic E-state index is 1.18. The minimum Gasteiger partial charge on any atom is -0.309 e. The quantitative estimate of drug-likeness (QED) is 0.175. The van der Waals surface area contributed by atoms with Gasteiger partial charge in [0, 0.05) is 32.6 Å². The molecule has 12 rings (SSSR count). The first kappa shape index (κ1) is 29.4. The Morgan fingerprint density at radius 3 is 1.46 bits per heavy atom. The van der Waals surface area contributed by atoms with E-state index in [9.17, 15) is 0 Å². The van der Waals surface area contributed by atoms with E-state index in [2.05, 4.69) is 203 Å². The number of hydrogen-bond donors (Lipinski definition) is 0. The van der Waals surface area contributed by atoms with Crippen molar-refractivity contribution in [3.05, 3.63) is 194 Å². The van der Waals surface area contributed by atoms with Gasteiger partial charge in [0.05, 0.1) is 27.8 Å². The lowest BCUT2D eigenvalue weighted by Gasteiger charge is -2.12. The van der Waals surface area contributed by atoms with Crippen molar-refractivity contribution in [3.63, 3.8) is 0 Å². The van der Waals surface area contributed by atoms with E-state index in [1.165, 1.54) is 109 Å². The van der Waals surface area contributed by atoms with Crippen LogP contribution in [0.25, 0.3) is 109 Å². The van der Waals surface area contributed by atoms with Crippen molar-refractivity contribution < 1.29 is 0 Å². The zero-order chi connectivity index (χ0) is 35.3. The maximum absolute atomic E-state index is 2.45. The molecule has 250 valence electrons. The van der Waals surface area contributed by atoms with Gasteiger partial charge >= 0.3 is 0 Å². The molecule has 0 fully saturated rings. The second-order valence-corrected chi connectivity index (χ2v) is 14.5. The highest BCUT2D eigenvalue weighted by molar-refractivity contribution is 6.23. The van der Waals surface area contributed by atoms with Gasteiger partial charge in [0.2, 0.25) is 0 Å². The summed E-state index contributed by atoms with van der Waals surface area (Å²) in [4.78, 5) is 0. The lowest BCUT2D eigenvalue weighted by Crippen LogP contribution is -1.95. The molecule has 0 amide bonds. The molecule has 54 heavy (non-hydrogen) atoms. The van der Waals surface area contributed by atoms with Crippen LogP contribution in [0, 0.1) is 0 Å². The zero-order valence-electron chi connectivity index (χ0n) is 29.4. The molecule has 0 aliphatic rings. The largest absolute Gasteiger partial charge is 0.309 e. The molecule has 0 aliphatic heterocycles. The second kappa shape index (κ2) is 11.2. The van der Waals surface area contributed by atoms with E-state index >= 15 is 0 Å². The van der Waals surface area contributed by atoms with E-state index in [1.807, 2.05) is 0 Å². The second-order valence-electron chi connectivity index (χ2n) is 14.5. The van der Waals surface area contributed by atoms with Crippen molar-refractivity contribution >= 4 is 86.7 Å². The van der Waals surface area contributed by atoms with Crippen molar-refractivity contribution in [1.82, 2.24) is 9.13 Å².